The van der Waals surface area contributed by atoms with Gasteiger partial charge in [0, 0.05) is 30.9 Å². The van der Waals surface area contributed by atoms with Gasteiger partial charge in [-0.25, -0.2) is 0 Å². The first kappa shape index (κ1) is 19.7. The molecule has 3 rings (SSSR count). The fourth-order valence-corrected chi connectivity index (χ4v) is 3.29. The third kappa shape index (κ3) is 5.49. The molecule has 28 heavy (non-hydrogen) atoms. The lowest BCUT2D eigenvalue weighted by atomic mass is 10.1. The van der Waals surface area contributed by atoms with Crippen LogP contribution >= 0.6 is 0 Å². The number of hydrogen-bond donors (Lipinski definition) is 1. The zero-order valence-corrected chi connectivity index (χ0v) is 16.1. The van der Waals surface area contributed by atoms with Gasteiger partial charge in [-0.1, -0.05) is 18.2 Å². The largest absolute Gasteiger partial charge is 0.496 e. The summed E-state index contributed by atoms with van der Waals surface area (Å²) in [5.74, 6) is -0.0181. The van der Waals surface area contributed by atoms with E-state index in [2.05, 4.69) is 10.2 Å². The molecule has 2 aromatic rings. The topological polar surface area (TPSA) is 67.9 Å². The first-order valence-electron chi connectivity index (χ1n) is 9.58. The van der Waals surface area contributed by atoms with Gasteiger partial charge in [-0.05, 0) is 55.2 Å². The van der Waals surface area contributed by atoms with Gasteiger partial charge in [-0.3, -0.25) is 9.59 Å². The molecule has 1 fully saturated rings. The maximum Gasteiger partial charge on any atom is 0.306 e. The zero-order valence-electron chi connectivity index (χ0n) is 16.1. The fraction of sp³-hybridized carbons (Fsp3) is 0.364. The average Bonchev–Trinajstić information content (AvgIpc) is 3.26. The third-order valence-corrected chi connectivity index (χ3v) is 4.78. The van der Waals surface area contributed by atoms with Crippen LogP contribution < -0.4 is 15.0 Å². The van der Waals surface area contributed by atoms with Gasteiger partial charge in [-0.15, -0.1) is 0 Å². The van der Waals surface area contributed by atoms with Crippen LogP contribution in [0.4, 0.5) is 11.4 Å². The summed E-state index contributed by atoms with van der Waals surface area (Å²) >= 11 is 0. The number of carbonyl (C=O) groups excluding carboxylic acids is 2. The second-order valence-electron chi connectivity index (χ2n) is 6.76. The maximum atomic E-state index is 12.0. The number of ether oxygens (including phenoxy) is 2. The summed E-state index contributed by atoms with van der Waals surface area (Å²) in [6.45, 7) is 1.87. The monoisotopic (exact) mass is 382 g/mol. The Morgan fingerprint density at radius 3 is 2.46 bits per heavy atom. The standard InChI is InChI=1S/C22H26N2O4/c1-27-20-7-3-2-6-17(20)8-13-22(26)28-16-21(25)23-18-9-11-19(12-10-18)24-14-4-5-15-24/h2-3,6-7,9-12H,4-5,8,13-16H2,1H3,(H,23,25). The van der Waals surface area contributed by atoms with E-state index in [1.165, 1.54) is 18.5 Å². The van der Waals surface area contributed by atoms with Crippen molar-refractivity contribution < 1.29 is 19.1 Å². The number of para-hydroxylation sites is 1. The third-order valence-electron chi connectivity index (χ3n) is 4.78. The molecular weight excluding hydrogens is 356 g/mol. The molecule has 0 spiro atoms. The van der Waals surface area contributed by atoms with E-state index in [9.17, 15) is 9.59 Å². The molecule has 0 aliphatic carbocycles. The van der Waals surface area contributed by atoms with Crippen molar-refractivity contribution in [1.82, 2.24) is 0 Å². The van der Waals surface area contributed by atoms with Gasteiger partial charge in [0.15, 0.2) is 6.61 Å². The highest BCUT2D eigenvalue weighted by molar-refractivity contribution is 5.93. The van der Waals surface area contributed by atoms with Crippen molar-refractivity contribution in [2.75, 3.05) is 37.0 Å². The molecule has 0 atom stereocenters. The lowest BCUT2D eigenvalue weighted by molar-refractivity contribution is -0.147. The number of nitrogens with one attached hydrogen (secondary N) is 1. The molecule has 148 valence electrons. The van der Waals surface area contributed by atoms with E-state index < -0.39 is 5.97 Å². The molecule has 6 heteroatoms. The number of amides is 1. The number of esters is 1. The minimum absolute atomic E-state index is 0.193. The second-order valence-corrected chi connectivity index (χ2v) is 6.76. The molecule has 1 aliphatic rings. The highest BCUT2D eigenvalue weighted by Crippen LogP contribution is 2.22. The highest BCUT2D eigenvalue weighted by Gasteiger charge is 2.13. The van der Waals surface area contributed by atoms with Crippen LogP contribution in [-0.4, -0.2) is 38.7 Å². The first-order valence-corrected chi connectivity index (χ1v) is 9.58. The number of benzene rings is 2. The molecule has 6 nitrogen and oxygen atoms in total. The smallest absolute Gasteiger partial charge is 0.306 e. The average molecular weight is 382 g/mol. The molecular formula is C22H26N2O4. The number of rotatable bonds is 8. The predicted molar refractivity (Wildman–Crippen MR) is 109 cm³/mol. The molecule has 0 radical (unpaired) electrons. The van der Waals surface area contributed by atoms with Crippen LogP contribution in [0, 0.1) is 0 Å². The Bertz CT molecular complexity index is 798. The van der Waals surface area contributed by atoms with E-state index in [0.717, 1.165) is 24.4 Å². The fourth-order valence-electron chi connectivity index (χ4n) is 3.29. The minimum Gasteiger partial charge on any atom is -0.496 e. The Morgan fingerprint density at radius 1 is 1.04 bits per heavy atom. The molecule has 0 unspecified atom stereocenters. The predicted octanol–water partition coefficient (Wildman–Crippen LogP) is 3.41. The molecule has 2 aromatic carbocycles. The molecule has 1 saturated heterocycles. The van der Waals surface area contributed by atoms with Crippen LogP contribution in [0.25, 0.3) is 0 Å². The number of anilines is 2. The zero-order chi connectivity index (χ0) is 19.8. The molecule has 1 aliphatic heterocycles. The highest BCUT2D eigenvalue weighted by atomic mass is 16.5. The van der Waals surface area contributed by atoms with Crippen LogP contribution in [0.1, 0.15) is 24.8 Å². The summed E-state index contributed by atoms with van der Waals surface area (Å²) in [4.78, 5) is 26.3. The van der Waals surface area contributed by atoms with Crippen LogP contribution in [0.5, 0.6) is 5.75 Å². The molecule has 1 heterocycles. The van der Waals surface area contributed by atoms with Gasteiger partial charge in [0.1, 0.15) is 5.75 Å². The van der Waals surface area contributed by atoms with E-state index in [1.54, 1.807) is 7.11 Å². The molecule has 0 aromatic heterocycles. The van der Waals surface area contributed by atoms with Gasteiger partial charge in [0.2, 0.25) is 0 Å². The summed E-state index contributed by atoms with van der Waals surface area (Å²) < 4.78 is 10.3. The summed E-state index contributed by atoms with van der Waals surface area (Å²) in [5.41, 5.74) is 2.79. The SMILES string of the molecule is COc1ccccc1CCC(=O)OCC(=O)Nc1ccc(N2CCCC2)cc1. The van der Waals surface area contributed by atoms with Gasteiger partial charge >= 0.3 is 5.97 Å². The van der Waals surface area contributed by atoms with E-state index in [4.69, 9.17) is 9.47 Å². The van der Waals surface area contributed by atoms with E-state index >= 15 is 0 Å². The quantitative estimate of drug-likeness (QED) is 0.709. The van der Waals surface area contributed by atoms with E-state index in [-0.39, 0.29) is 18.9 Å². The van der Waals surface area contributed by atoms with Gasteiger partial charge in [0.05, 0.1) is 7.11 Å². The van der Waals surface area contributed by atoms with Crippen molar-refractivity contribution in [3.8, 4) is 5.75 Å². The molecule has 0 bridgehead atoms. The Hall–Kier alpha value is -3.02. The molecule has 1 amide bonds. The van der Waals surface area contributed by atoms with Crippen LogP contribution in [0.2, 0.25) is 0 Å². The van der Waals surface area contributed by atoms with Gasteiger partial charge in [-0.2, -0.15) is 0 Å². The number of nitrogens with zero attached hydrogens (tertiary/aromatic N) is 1. The first-order chi connectivity index (χ1) is 13.7. The molecule has 0 saturated carbocycles. The maximum absolute atomic E-state index is 12.0. The Kier molecular flexibility index (Phi) is 6.89. The Morgan fingerprint density at radius 2 is 1.75 bits per heavy atom. The van der Waals surface area contributed by atoms with E-state index in [1.807, 2.05) is 48.5 Å². The second kappa shape index (κ2) is 9.78. The minimum atomic E-state index is -0.412. The Labute approximate surface area is 165 Å². The van der Waals surface area contributed by atoms with Crippen molar-refractivity contribution in [1.29, 1.82) is 0 Å². The summed E-state index contributed by atoms with van der Waals surface area (Å²) in [7, 11) is 1.60. The van der Waals surface area contributed by atoms with Crippen molar-refractivity contribution in [2.24, 2.45) is 0 Å². The van der Waals surface area contributed by atoms with Gasteiger partial charge in [0.25, 0.3) is 5.91 Å². The van der Waals surface area contributed by atoms with Crippen molar-refractivity contribution >= 4 is 23.3 Å². The van der Waals surface area contributed by atoms with Gasteiger partial charge < -0.3 is 19.7 Å². The summed E-state index contributed by atoms with van der Waals surface area (Å²) in [5, 5.41) is 2.75. The lowest BCUT2D eigenvalue weighted by Gasteiger charge is -2.17. The number of carbonyl (C=O) groups is 2. The Balaban J connectivity index is 1.40. The number of aryl methyl sites for hydroxylation is 1. The van der Waals surface area contributed by atoms with Crippen LogP contribution in [0.3, 0.4) is 0 Å². The summed E-state index contributed by atoms with van der Waals surface area (Å²) in [6.07, 6.45) is 3.14. The summed E-state index contributed by atoms with van der Waals surface area (Å²) in [6, 6.07) is 15.3. The van der Waals surface area contributed by atoms with Crippen LogP contribution in [-0.2, 0) is 20.7 Å². The molecule has 1 N–H and O–H groups in total. The van der Waals surface area contributed by atoms with E-state index in [0.29, 0.717) is 12.1 Å². The van der Waals surface area contributed by atoms with Crippen molar-refractivity contribution in [3.63, 3.8) is 0 Å². The van der Waals surface area contributed by atoms with Crippen molar-refractivity contribution in [3.05, 3.63) is 54.1 Å². The normalized spacial score (nSPS) is 13.2. The van der Waals surface area contributed by atoms with Crippen LogP contribution in [0.15, 0.2) is 48.5 Å². The van der Waals surface area contributed by atoms with Crippen molar-refractivity contribution in [2.45, 2.75) is 25.7 Å². The number of hydrogen-bond acceptors (Lipinski definition) is 5. The number of methoxy groups -OCH3 is 1. The lowest BCUT2D eigenvalue weighted by Crippen LogP contribution is -2.21.